The Morgan fingerprint density at radius 2 is 1.81 bits per heavy atom. The Labute approximate surface area is 96.5 Å². The molecule has 1 saturated heterocycles. The average Bonchev–Trinajstić information content (AvgIpc) is 2.33. The topological polar surface area (TPSA) is 32.3 Å². The first-order valence-electron chi connectivity index (χ1n) is 5.83. The molecule has 0 unspecified atom stereocenters. The van der Waals surface area contributed by atoms with Gasteiger partial charge in [-0.05, 0) is 5.56 Å². The average molecular weight is 218 g/mol. The van der Waals surface area contributed by atoms with Crippen molar-refractivity contribution in [1.82, 2.24) is 10.2 Å². The summed E-state index contributed by atoms with van der Waals surface area (Å²) in [5.74, 6) is 0.402. The number of carbonyl (C=O) groups excluding carboxylic acids is 1. The van der Waals surface area contributed by atoms with Crippen molar-refractivity contribution in [1.29, 1.82) is 0 Å². The first kappa shape index (κ1) is 11.3. The number of piperidine rings is 1. The van der Waals surface area contributed by atoms with Crippen LogP contribution >= 0.6 is 0 Å². The molecule has 0 saturated carbocycles. The van der Waals surface area contributed by atoms with E-state index in [2.05, 4.69) is 34.5 Å². The summed E-state index contributed by atoms with van der Waals surface area (Å²) in [7, 11) is 0. The number of hydrogen-bond acceptors (Lipinski definition) is 3. The number of benzene rings is 1. The predicted octanol–water partition coefficient (Wildman–Crippen LogP) is 1.40. The van der Waals surface area contributed by atoms with Gasteiger partial charge in [0.1, 0.15) is 5.78 Å². The Balaban J connectivity index is 1.67. The van der Waals surface area contributed by atoms with Crippen LogP contribution < -0.4 is 5.32 Å². The van der Waals surface area contributed by atoms with Crippen molar-refractivity contribution in [2.24, 2.45) is 0 Å². The highest BCUT2D eigenvalue weighted by molar-refractivity contribution is 5.79. The lowest BCUT2D eigenvalue weighted by Crippen LogP contribution is -2.39. The van der Waals surface area contributed by atoms with Crippen LogP contribution in [0.25, 0.3) is 0 Å². The third kappa shape index (κ3) is 3.43. The monoisotopic (exact) mass is 218 g/mol. The van der Waals surface area contributed by atoms with E-state index < -0.39 is 0 Å². The van der Waals surface area contributed by atoms with Gasteiger partial charge < -0.3 is 5.32 Å². The van der Waals surface area contributed by atoms with Gasteiger partial charge in [-0.1, -0.05) is 30.3 Å². The lowest BCUT2D eigenvalue weighted by atomic mass is 10.1. The molecule has 0 atom stereocenters. The zero-order valence-electron chi connectivity index (χ0n) is 9.48. The molecular weight excluding hydrogens is 200 g/mol. The standard InChI is InChI=1S/C13H18N2O/c16-13-6-8-15(9-7-13)11-14-10-12-4-2-1-3-5-12/h1-5,14H,6-11H2. The summed E-state index contributed by atoms with van der Waals surface area (Å²) < 4.78 is 0. The number of nitrogens with one attached hydrogen (secondary N) is 1. The zero-order valence-corrected chi connectivity index (χ0v) is 9.48. The van der Waals surface area contributed by atoms with Crippen LogP contribution in [0.3, 0.4) is 0 Å². The van der Waals surface area contributed by atoms with Gasteiger partial charge in [-0.3, -0.25) is 9.69 Å². The SMILES string of the molecule is O=C1CCN(CNCc2ccccc2)CC1. The molecule has 1 aromatic rings. The quantitative estimate of drug-likeness (QED) is 0.829. The van der Waals surface area contributed by atoms with E-state index in [1.54, 1.807) is 0 Å². The second-order valence-corrected chi connectivity index (χ2v) is 4.23. The van der Waals surface area contributed by atoms with E-state index in [1.165, 1.54) is 5.56 Å². The minimum Gasteiger partial charge on any atom is -0.300 e. The van der Waals surface area contributed by atoms with Crippen molar-refractivity contribution in [3.05, 3.63) is 35.9 Å². The number of hydrogen-bond donors (Lipinski definition) is 1. The molecule has 0 spiro atoms. The van der Waals surface area contributed by atoms with E-state index in [1.807, 2.05) is 6.07 Å². The van der Waals surface area contributed by atoms with Crippen molar-refractivity contribution in [3.63, 3.8) is 0 Å². The molecule has 0 aliphatic carbocycles. The summed E-state index contributed by atoms with van der Waals surface area (Å²) in [6.45, 7) is 3.58. The fraction of sp³-hybridized carbons (Fsp3) is 0.462. The summed E-state index contributed by atoms with van der Waals surface area (Å²) in [6, 6.07) is 10.4. The van der Waals surface area contributed by atoms with Gasteiger partial charge in [0.05, 0.1) is 0 Å². The number of likely N-dealkylation sites (tertiary alicyclic amines) is 1. The molecule has 2 rings (SSSR count). The smallest absolute Gasteiger partial charge is 0.135 e. The largest absolute Gasteiger partial charge is 0.300 e. The van der Waals surface area contributed by atoms with E-state index in [9.17, 15) is 4.79 Å². The molecule has 0 radical (unpaired) electrons. The summed E-state index contributed by atoms with van der Waals surface area (Å²) >= 11 is 0. The van der Waals surface area contributed by atoms with Crippen LogP contribution in [0.2, 0.25) is 0 Å². The van der Waals surface area contributed by atoms with Crippen molar-refractivity contribution in [2.75, 3.05) is 19.8 Å². The Bertz CT molecular complexity index is 327. The fourth-order valence-electron chi connectivity index (χ4n) is 1.91. The Kier molecular flexibility index (Phi) is 4.08. The van der Waals surface area contributed by atoms with Crippen LogP contribution in [0, 0.1) is 0 Å². The van der Waals surface area contributed by atoms with Gasteiger partial charge in [-0.25, -0.2) is 0 Å². The van der Waals surface area contributed by atoms with Crippen LogP contribution in [0.5, 0.6) is 0 Å². The maximum Gasteiger partial charge on any atom is 0.135 e. The third-order valence-electron chi connectivity index (χ3n) is 2.92. The summed E-state index contributed by atoms with van der Waals surface area (Å²) in [5.41, 5.74) is 1.30. The highest BCUT2D eigenvalue weighted by Gasteiger charge is 2.14. The molecule has 1 aliphatic heterocycles. The zero-order chi connectivity index (χ0) is 11.2. The third-order valence-corrected chi connectivity index (χ3v) is 2.92. The van der Waals surface area contributed by atoms with Crippen molar-refractivity contribution in [2.45, 2.75) is 19.4 Å². The van der Waals surface area contributed by atoms with E-state index in [4.69, 9.17) is 0 Å². The van der Waals surface area contributed by atoms with Gasteiger partial charge in [0.25, 0.3) is 0 Å². The van der Waals surface area contributed by atoms with Crippen molar-refractivity contribution in [3.8, 4) is 0 Å². The Morgan fingerprint density at radius 1 is 1.12 bits per heavy atom. The van der Waals surface area contributed by atoms with Gasteiger partial charge >= 0.3 is 0 Å². The Hall–Kier alpha value is -1.19. The number of Topliss-reactive ketones (excluding diaryl/α,β-unsaturated/α-hetero) is 1. The number of carbonyl (C=O) groups is 1. The number of nitrogens with zero attached hydrogens (tertiary/aromatic N) is 1. The van der Waals surface area contributed by atoms with E-state index >= 15 is 0 Å². The van der Waals surface area contributed by atoms with Crippen LogP contribution in [0.15, 0.2) is 30.3 Å². The van der Waals surface area contributed by atoms with Crippen LogP contribution in [-0.4, -0.2) is 30.4 Å². The highest BCUT2D eigenvalue weighted by atomic mass is 16.1. The number of ketones is 1. The second-order valence-electron chi connectivity index (χ2n) is 4.23. The van der Waals surface area contributed by atoms with Gasteiger partial charge in [0, 0.05) is 39.1 Å². The molecular formula is C13H18N2O. The van der Waals surface area contributed by atoms with Gasteiger partial charge in [-0.2, -0.15) is 0 Å². The summed E-state index contributed by atoms with van der Waals surface area (Å²) in [6.07, 6.45) is 1.43. The summed E-state index contributed by atoms with van der Waals surface area (Å²) in [4.78, 5) is 13.4. The van der Waals surface area contributed by atoms with Gasteiger partial charge in [-0.15, -0.1) is 0 Å². The molecule has 0 amide bonds. The first-order valence-corrected chi connectivity index (χ1v) is 5.83. The molecule has 3 nitrogen and oxygen atoms in total. The van der Waals surface area contributed by atoms with Crippen molar-refractivity contribution >= 4 is 5.78 Å². The molecule has 1 aliphatic rings. The normalized spacial score (nSPS) is 17.6. The number of rotatable bonds is 4. The molecule has 1 heterocycles. The molecule has 86 valence electrons. The van der Waals surface area contributed by atoms with E-state index in [0.29, 0.717) is 18.6 Å². The molecule has 1 fully saturated rings. The highest BCUT2D eigenvalue weighted by Crippen LogP contribution is 2.04. The summed E-state index contributed by atoms with van der Waals surface area (Å²) in [5, 5.41) is 3.40. The van der Waals surface area contributed by atoms with E-state index in [0.717, 1.165) is 26.3 Å². The van der Waals surface area contributed by atoms with Crippen LogP contribution in [-0.2, 0) is 11.3 Å². The minimum absolute atomic E-state index is 0.402. The van der Waals surface area contributed by atoms with Gasteiger partial charge in [0.2, 0.25) is 0 Å². The first-order chi connectivity index (χ1) is 7.84. The van der Waals surface area contributed by atoms with Crippen LogP contribution in [0.1, 0.15) is 18.4 Å². The molecule has 0 aromatic heterocycles. The minimum atomic E-state index is 0.402. The maximum atomic E-state index is 11.1. The Morgan fingerprint density at radius 3 is 2.50 bits per heavy atom. The van der Waals surface area contributed by atoms with Crippen LogP contribution in [0.4, 0.5) is 0 Å². The van der Waals surface area contributed by atoms with Gasteiger partial charge in [0.15, 0.2) is 0 Å². The lowest BCUT2D eigenvalue weighted by molar-refractivity contribution is -0.121. The second kappa shape index (κ2) is 5.77. The van der Waals surface area contributed by atoms with E-state index in [-0.39, 0.29) is 0 Å². The predicted molar refractivity (Wildman–Crippen MR) is 64.0 cm³/mol. The van der Waals surface area contributed by atoms with Crippen molar-refractivity contribution < 1.29 is 4.79 Å². The maximum absolute atomic E-state index is 11.1. The molecule has 16 heavy (non-hydrogen) atoms. The lowest BCUT2D eigenvalue weighted by Gasteiger charge is -2.25. The molecule has 1 N–H and O–H groups in total. The molecule has 1 aromatic carbocycles. The molecule has 0 bridgehead atoms. The molecule has 3 heteroatoms. The fourth-order valence-corrected chi connectivity index (χ4v) is 1.91.